The summed E-state index contributed by atoms with van der Waals surface area (Å²) in [5.41, 5.74) is 2.71. The molecule has 0 unspecified atom stereocenters. The van der Waals surface area contributed by atoms with Gasteiger partial charge in [-0.15, -0.1) is 0 Å². The van der Waals surface area contributed by atoms with Crippen molar-refractivity contribution >= 4 is 39.1 Å². The summed E-state index contributed by atoms with van der Waals surface area (Å²) in [6.45, 7) is 1.41. The lowest BCUT2D eigenvalue weighted by Crippen LogP contribution is -2.54. The Morgan fingerprint density at radius 3 is 2.23 bits per heavy atom. The van der Waals surface area contributed by atoms with Crippen LogP contribution in [0.15, 0.2) is 78.9 Å². The number of sulfonamides is 1. The first-order chi connectivity index (χ1) is 19.1. The number of halogens is 1. The monoisotopic (exact) mass is 581 g/mol. The first kappa shape index (κ1) is 29.6. The number of amides is 2. The zero-order valence-corrected chi connectivity index (χ0v) is 24.5. The molecule has 3 aromatic rings. The number of hydrogen-bond donors (Lipinski definition) is 1. The normalized spacial score (nSPS) is 14.5. The number of hydrogen-bond acceptors (Lipinski definition) is 4. The van der Waals surface area contributed by atoms with Crippen molar-refractivity contribution in [2.75, 3.05) is 17.1 Å². The average molecular weight is 582 g/mol. The van der Waals surface area contributed by atoms with E-state index in [4.69, 9.17) is 11.6 Å². The SMILES string of the molecule is Cc1ccccc1N(CC(=O)N(Cc1ccccc1Cl)[C@@H](Cc1ccccc1)C(=O)NC1CCCC1)S(C)(=O)=O. The third-order valence-corrected chi connectivity index (χ3v) is 8.83. The molecule has 1 aliphatic rings. The van der Waals surface area contributed by atoms with E-state index in [1.807, 2.05) is 48.5 Å². The van der Waals surface area contributed by atoms with Gasteiger partial charge in [0.2, 0.25) is 21.8 Å². The Kier molecular flexibility index (Phi) is 9.87. The molecule has 3 aromatic carbocycles. The molecule has 7 nitrogen and oxygen atoms in total. The molecule has 0 aromatic heterocycles. The maximum Gasteiger partial charge on any atom is 0.244 e. The molecule has 1 N–H and O–H groups in total. The summed E-state index contributed by atoms with van der Waals surface area (Å²) in [4.78, 5) is 29.5. The topological polar surface area (TPSA) is 86.8 Å². The molecular formula is C31H36ClN3O4S. The molecule has 1 saturated carbocycles. The highest BCUT2D eigenvalue weighted by Crippen LogP contribution is 2.25. The second-order valence-electron chi connectivity index (χ2n) is 10.4. The Hall–Kier alpha value is -3.36. The van der Waals surface area contributed by atoms with Crippen LogP contribution >= 0.6 is 11.6 Å². The molecule has 0 saturated heterocycles. The molecule has 40 heavy (non-hydrogen) atoms. The molecule has 1 atom stereocenters. The first-order valence-electron chi connectivity index (χ1n) is 13.5. The van der Waals surface area contributed by atoms with Gasteiger partial charge in [0.25, 0.3) is 0 Å². The fraction of sp³-hybridized carbons (Fsp3) is 0.355. The Bertz CT molecular complexity index is 1430. The van der Waals surface area contributed by atoms with Gasteiger partial charge in [0.15, 0.2) is 0 Å². The fourth-order valence-electron chi connectivity index (χ4n) is 5.17. The molecule has 1 fully saturated rings. The molecule has 212 valence electrons. The van der Waals surface area contributed by atoms with Gasteiger partial charge in [-0.05, 0) is 48.6 Å². The van der Waals surface area contributed by atoms with E-state index < -0.39 is 28.5 Å². The van der Waals surface area contributed by atoms with E-state index in [2.05, 4.69) is 5.32 Å². The van der Waals surface area contributed by atoms with Crippen LogP contribution < -0.4 is 9.62 Å². The highest BCUT2D eigenvalue weighted by atomic mass is 35.5. The molecule has 1 aliphatic carbocycles. The fourth-order valence-corrected chi connectivity index (χ4v) is 6.27. The van der Waals surface area contributed by atoms with Gasteiger partial charge in [-0.1, -0.05) is 91.2 Å². The van der Waals surface area contributed by atoms with Crippen LogP contribution in [0.5, 0.6) is 0 Å². The standard InChI is InChI=1S/C31H36ClN3O4S/c1-23-12-6-11-19-28(23)35(40(2,38)39)22-30(36)34(21-25-15-7-10-18-27(25)32)29(20-24-13-4-3-5-14-24)31(37)33-26-16-8-9-17-26/h3-7,10-15,18-19,26,29H,8-9,16-17,20-22H2,1-2H3,(H,33,37)/t29-/m0/s1. The van der Waals surface area contributed by atoms with Crippen molar-refractivity contribution in [3.05, 3.63) is 101 Å². The highest BCUT2D eigenvalue weighted by Gasteiger charge is 2.34. The van der Waals surface area contributed by atoms with Crippen molar-refractivity contribution in [2.45, 2.75) is 57.7 Å². The smallest absolute Gasteiger partial charge is 0.244 e. The minimum absolute atomic E-state index is 0.0550. The summed E-state index contributed by atoms with van der Waals surface area (Å²) in [6, 6.07) is 22.9. The highest BCUT2D eigenvalue weighted by molar-refractivity contribution is 7.92. The van der Waals surface area contributed by atoms with Gasteiger partial charge in [0, 0.05) is 24.0 Å². The number of carbonyl (C=O) groups excluding carboxylic acids is 2. The number of nitrogens with one attached hydrogen (secondary N) is 1. The molecular weight excluding hydrogens is 546 g/mol. The predicted molar refractivity (Wildman–Crippen MR) is 160 cm³/mol. The van der Waals surface area contributed by atoms with Gasteiger partial charge in [0.1, 0.15) is 12.6 Å². The molecule has 0 bridgehead atoms. The summed E-state index contributed by atoms with van der Waals surface area (Å²) in [6.07, 6.45) is 5.26. The van der Waals surface area contributed by atoms with E-state index in [1.165, 1.54) is 4.90 Å². The van der Waals surface area contributed by atoms with Crippen molar-refractivity contribution in [3.63, 3.8) is 0 Å². The molecule has 0 radical (unpaired) electrons. The van der Waals surface area contributed by atoms with Crippen LogP contribution in [0, 0.1) is 6.92 Å². The molecule has 0 spiro atoms. The number of benzene rings is 3. The van der Waals surface area contributed by atoms with E-state index in [0.717, 1.165) is 47.4 Å². The maximum absolute atomic E-state index is 14.2. The number of carbonyl (C=O) groups is 2. The van der Waals surface area contributed by atoms with E-state index in [9.17, 15) is 18.0 Å². The van der Waals surface area contributed by atoms with Crippen molar-refractivity contribution < 1.29 is 18.0 Å². The predicted octanol–water partition coefficient (Wildman–Crippen LogP) is 5.11. The van der Waals surface area contributed by atoms with Gasteiger partial charge in [0.05, 0.1) is 11.9 Å². The van der Waals surface area contributed by atoms with E-state index in [1.54, 1.807) is 37.3 Å². The van der Waals surface area contributed by atoms with E-state index >= 15 is 0 Å². The molecule has 9 heteroatoms. The van der Waals surface area contributed by atoms with Crippen molar-refractivity contribution in [3.8, 4) is 0 Å². The number of aryl methyl sites for hydroxylation is 1. The third-order valence-electron chi connectivity index (χ3n) is 7.33. The number of rotatable bonds is 11. The summed E-state index contributed by atoms with van der Waals surface area (Å²) < 4.78 is 27.0. The second kappa shape index (κ2) is 13.3. The number of anilines is 1. The molecule has 0 aliphatic heterocycles. The molecule has 4 rings (SSSR count). The van der Waals surface area contributed by atoms with Gasteiger partial charge >= 0.3 is 0 Å². The van der Waals surface area contributed by atoms with Crippen LogP contribution in [-0.2, 0) is 32.6 Å². The maximum atomic E-state index is 14.2. The van der Waals surface area contributed by atoms with Crippen molar-refractivity contribution in [1.82, 2.24) is 10.2 Å². The van der Waals surface area contributed by atoms with Crippen LogP contribution in [0.4, 0.5) is 5.69 Å². The quantitative estimate of drug-likeness (QED) is 0.341. The summed E-state index contributed by atoms with van der Waals surface area (Å²) in [5.74, 6) is -0.742. The van der Waals surface area contributed by atoms with Gasteiger partial charge in [-0.25, -0.2) is 8.42 Å². The second-order valence-corrected chi connectivity index (χ2v) is 12.7. The lowest BCUT2D eigenvalue weighted by Gasteiger charge is -2.34. The Labute approximate surface area is 242 Å². The zero-order chi connectivity index (χ0) is 28.7. The Morgan fingerprint density at radius 1 is 0.950 bits per heavy atom. The Morgan fingerprint density at radius 2 is 1.57 bits per heavy atom. The van der Waals surface area contributed by atoms with Gasteiger partial charge in [-0.3, -0.25) is 13.9 Å². The van der Waals surface area contributed by atoms with Gasteiger partial charge in [-0.2, -0.15) is 0 Å². The largest absolute Gasteiger partial charge is 0.352 e. The summed E-state index contributed by atoms with van der Waals surface area (Å²) in [7, 11) is -3.81. The third kappa shape index (κ3) is 7.64. The van der Waals surface area contributed by atoms with E-state index in [-0.39, 0.29) is 24.9 Å². The minimum Gasteiger partial charge on any atom is -0.352 e. The lowest BCUT2D eigenvalue weighted by atomic mass is 10.0. The summed E-state index contributed by atoms with van der Waals surface area (Å²) >= 11 is 6.51. The van der Waals surface area contributed by atoms with Crippen molar-refractivity contribution in [2.24, 2.45) is 0 Å². The number of nitrogens with zero attached hydrogens (tertiary/aromatic N) is 2. The van der Waals surface area contributed by atoms with Crippen LogP contribution in [-0.4, -0.2) is 50.0 Å². The lowest BCUT2D eigenvalue weighted by molar-refractivity contribution is -0.140. The molecule has 0 heterocycles. The minimum atomic E-state index is -3.81. The molecule has 2 amide bonds. The first-order valence-corrected chi connectivity index (χ1v) is 15.8. The Balaban J connectivity index is 1.74. The van der Waals surface area contributed by atoms with Crippen LogP contribution in [0.1, 0.15) is 42.4 Å². The van der Waals surface area contributed by atoms with Crippen LogP contribution in [0.25, 0.3) is 0 Å². The number of para-hydroxylation sites is 1. The zero-order valence-electron chi connectivity index (χ0n) is 22.9. The summed E-state index contributed by atoms with van der Waals surface area (Å²) in [5, 5.41) is 3.63. The van der Waals surface area contributed by atoms with E-state index in [0.29, 0.717) is 16.3 Å². The van der Waals surface area contributed by atoms with Gasteiger partial charge < -0.3 is 10.2 Å². The van der Waals surface area contributed by atoms with Crippen LogP contribution in [0.3, 0.4) is 0 Å². The van der Waals surface area contributed by atoms with Crippen LogP contribution in [0.2, 0.25) is 5.02 Å². The average Bonchev–Trinajstić information content (AvgIpc) is 3.43. The van der Waals surface area contributed by atoms with Crippen molar-refractivity contribution in [1.29, 1.82) is 0 Å².